The van der Waals surface area contributed by atoms with Gasteiger partial charge < -0.3 is 24.7 Å². The van der Waals surface area contributed by atoms with Crippen LogP contribution < -0.4 is 10.2 Å². The summed E-state index contributed by atoms with van der Waals surface area (Å²) in [5, 5.41) is 17.7. The predicted octanol–water partition coefficient (Wildman–Crippen LogP) is 2.59. The van der Waals surface area contributed by atoms with Crippen molar-refractivity contribution in [3.05, 3.63) is 41.5 Å². The molecule has 5 rings (SSSR count). The zero-order valence-electron chi connectivity index (χ0n) is 16.4. The van der Waals surface area contributed by atoms with Gasteiger partial charge in [-0.15, -0.1) is 0 Å². The maximum atomic E-state index is 13.4. The molecule has 1 aromatic heterocycles. The van der Waals surface area contributed by atoms with Crippen LogP contribution in [0.5, 0.6) is 0 Å². The third-order valence-corrected chi connectivity index (χ3v) is 5.97. The summed E-state index contributed by atoms with van der Waals surface area (Å²) >= 11 is 0. The number of hydrogen-bond donors (Lipinski definition) is 2. The van der Waals surface area contributed by atoms with Crippen LogP contribution in [0.15, 0.2) is 34.9 Å². The molecule has 0 radical (unpaired) electrons. The molecule has 1 aliphatic carbocycles. The number of carbonyl (C=O) groups is 1. The molecule has 0 spiro atoms. The lowest BCUT2D eigenvalue weighted by molar-refractivity contribution is 0.104. The maximum absolute atomic E-state index is 13.4. The summed E-state index contributed by atoms with van der Waals surface area (Å²) < 4.78 is 5.79. The largest absolute Gasteiger partial charge is 0.395 e. The Morgan fingerprint density at radius 2 is 1.93 bits per heavy atom. The highest BCUT2D eigenvalue weighted by molar-refractivity contribution is 6.28. The number of fused-ring (bicyclic) bond motifs is 2. The Morgan fingerprint density at radius 1 is 1.17 bits per heavy atom. The second kappa shape index (κ2) is 7.17. The Labute approximate surface area is 168 Å². The first kappa shape index (κ1) is 18.1. The first-order valence-electron chi connectivity index (χ1n) is 10.2. The maximum Gasteiger partial charge on any atom is 0.196 e. The molecule has 1 saturated heterocycles. The van der Waals surface area contributed by atoms with Crippen LogP contribution in [0.2, 0.25) is 0 Å². The van der Waals surface area contributed by atoms with Gasteiger partial charge in [0.15, 0.2) is 11.5 Å². The minimum Gasteiger partial charge on any atom is -0.395 e. The van der Waals surface area contributed by atoms with Crippen molar-refractivity contribution in [2.45, 2.75) is 6.92 Å². The number of benzene rings is 2. The normalized spacial score (nSPS) is 16.3. The molecule has 2 aromatic carbocycles. The van der Waals surface area contributed by atoms with Gasteiger partial charge in [-0.3, -0.25) is 4.79 Å². The molecule has 2 aliphatic rings. The van der Waals surface area contributed by atoms with Gasteiger partial charge in [-0.05, 0) is 12.6 Å². The van der Waals surface area contributed by atoms with Crippen molar-refractivity contribution in [2.24, 2.45) is 0 Å². The zero-order valence-corrected chi connectivity index (χ0v) is 16.4. The molecule has 1 fully saturated rings. The molecule has 0 atom stereocenters. The van der Waals surface area contributed by atoms with E-state index in [4.69, 9.17) is 4.52 Å². The summed E-state index contributed by atoms with van der Waals surface area (Å²) in [6, 6.07) is 9.49. The number of nitrogens with zero attached hydrogens (tertiary/aromatic N) is 3. The van der Waals surface area contributed by atoms with Gasteiger partial charge in [-0.25, -0.2) is 0 Å². The lowest BCUT2D eigenvalue weighted by Crippen LogP contribution is -2.46. The van der Waals surface area contributed by atoms with E-state index in [1.807, 2.05) is 30.3 Å². The van der Waals surface area contributed by atoms with Gasteiger partial charge in [0.25, 0.3) is 0 Å². The van der Waals surface area contributed by atoms with Gasteiger partial charge in [-0.2, -0.15) is 0 Å². The lowest BCUT2D eigenvalue weighted by Gasteiger charge is -2.36. The number of aliphatic hydroxyl groups excluding tert-OH is 1. The van der Waals surface area contributed by atoms with Crippen LogP contribution in [0.1, 0.15) is 22.8 Å². The quantitative estimate of drug-likeness (QED) is 0.540. The Hall–Kier alpha value is -2.90. The molecule has 7 nitrogen and oxygen atoms in total. The zero-order chi connectivity index (χ0) is 20.0. The van der Waals surface area contributed by atoms with Crippen LogP contribution in [0, 0.1) is 0 Å². The third kappa shape index (κ3) is 2.81. The number of anilines is 2. The Kier molecular flexibility index (Phi) is 4.49. The first-order valence-corrected chi connectivity index (χ1v) is 10.2. The van der Waals surface area contributed by atoms with E-state index >= 15 is 0 Å². The van der Waals surface area contributed by atoms with Crippen LogP contribution in [0.4, 0.5) is 11.4 Å². The lowest BCUT2D eigenvalue weighted by atomic mass is 9.86. The fourth-order valence-corrected chi connectivity index (χ4v) is 4.42. The first-order chi connectivity index (χ1) is 14.2. The molecule has 1 aliphatic heterocycles. The number of ketones is 1. The van der Waals surface area contributed by atoms with Crippen molar-refractivity contribution >= 4 is 28.1 Å². The van der Waals surface area contributed by atoms with E-state index in [1.165, 1.54) is 0 Å². The molecule has 2 N–H and O–H groups in total. The fourth-order valence-electron chi connectivity index (χ4n) is 4.42. The van der Waals surface area contributed by atoms with E-state index in [2.05, 4.69) is 27.2 Å². The number of piperazine rings is 1. The highest BCUT2D eigenvalue weighted by Gasteiger charge is 2.33. The second-order valence-corrected chi connectivity index (χ2v) is 7.50. The number of rotatable bonds is 5. The summed E-state index contributed by atoms with van der Waals surface area (Å²) in [7, 11) is 0. The van der Waals surface area contributed by atoms with E-state index in [-0.39, 0.29) is 12.4 Å². The van der Waals surface area contributed by atoms with Gasteiger partial charge in [0.2, 0.25) is 0 Å². The topological polar surface area (TPSA) is 81.8 Å². The van der Waals surface area contributed by atoms with E-state index in [0.717, 1.165) is 60.6 Å². The molecular weight excluding hydrogens is 368 g/mol. The van der Waals surface area contributed by atoms with Crippen LogP contribution in [0.3, 0.4) is 0 Å². The minimum absolute atomic E-state index is 0.0107. The number of hydrogen-bond acceptors (Lipinski definition) is 7. The smallest absolute Gasteiger partial charge is 0.196 e. The SMILES string of the molecule is CCN1CCN(c2cc(NCCO)c3c4c(onc24)-c2ccccc2C3=O)CC1. The van der Waals surface area contributed by atoms with Crippen molar-refractivity contribution in [1.29, 1.82) is 0 Å². The van der Waals surface area contributed by atoms with Crippen molar-refractivity contribution in [3.63, 3.8) is 0 Å². The summed E-state index contributed by atoms with van der Waals surface area (Å²) in [5.41, 5.74) is 4.42. The van der Waals surface area contributed by atoms with E-state index in [1.54, 1.807) is 0 Å². The minimum atomic E-state index is -0.0379. The van der Waals surface area contributed by atoms with E-state index in [9.17, 15) is 9.90 Å². The highest BCUT2D eigenvalue weighted by atomic mass is 16.5. The number of aliphatic hydroxyl groups is 1. The summed E-state index contributed by atoms with van der Waals surface area (Å²) in [5.74, 6) is 0.607. The van der Waals surface area contributed by atoms with Gasteiger partial charge in [0.1, 0.15) is 5.52 Å². The summed E-state index contributed by atoms with van der Waals surface area (Å²) in [6.07, 6.45) is 0. The molecule has 0 saturated carbocycles. The van der Waals surface area contributed by atoms with E-state index < -0.39 is 0 Å². The monoisotopic (exact) mass is 392 g/mol. The van der Waals surface area contributed by atoms with Gasteiger partial charge in [0.05, 0.1) is 23.2 Å². The number of nitrogens with one attached hydrogen (secondary N) is 1. The molecule has 0 unspecified atom stereocenters. The number of carbonyl (C=O) groups excluding carboxylic acids is 1. The summed E-state index contributed by atoms with van der Waals surface area (Å²) in [4.78, 5) is 18.1. The van der Waals surface area contributed by atoms with Crippen LogP contribution >= 0.6 is 0 Å². The summed E-state index contributed by atoms with van der Waals surface area (Å²) in [6.45, 7) is 7.37. The Bertz CT molecular complexity index is 1080. The Balaban J connectivity index is 1.70. The molecule has 2 heterocycles. The molecule has 3 aromatic rings. The number of aromatic nitrogens is 1. The standard InChI is InChI=1S/C22H24N4O3/c1-2-25-8-10-26(11-9-25)17-13-16(23-7-12-27)18-19-20(17)24-29-22(19)15-6-4-3-5-14(15)21(18)28/h3-6,13,23,27H,2,7-12H2,1H3. The fraction of sp³-hybridized carbons (Fsp3) is 0.364. The predicted molar refractivity (Wildman–Crippen MR) is 113 cm³/mol. The van der Waals surface area contributed by atoms with Crippen molar-refractivity contribution in [2.75, 3.05) is 56.1 Å². The Morgan fingerprint density at radius 3 is 2.66 bits per heavy atom. The molecule has 0 bridgehead atoms. The highest BCUT2D eigenvalue weighted by Crippen LogP contribution is 2.45. The molecular formula is C22H24N4O3. The molecule has 0 amide bonds. The van der Waals surface area contributed by atoms with Crippen LogP contribution in [0.25, 0.3) is 22.2 Å². The van der Waals surface area contributed by atoms with Crippen molar-refractivity contribution in [1.82, 2.24) is 10.1 Å². The average molecular weight is 392 g/mol. The molecule has 29 heavy (non-hydrogen) atoms. The second-order valence-electron chi connectivity index (χ2n) is 7.50. The van der Waals surface area contributed by atoms with Crippen LogP contribution in [-0.4, -0.2) is 66.8 Å². The van der Waals surface area contributed by atoms with Gasteiger partial charge >= 0.3 is 0 Å². The number of likely N-dealkylation sites (N-methyl/N-ethyl adjacent to an activating group) is 1. The van der Waals surface area contributed by atoms with Gasteiger partial charge in [0, 0.05) is 49.5 Å². The molecule has 150 valence electrons. The van der Waals surface area contributed by atoms with Crippen molar-refractivity contribution in [3.8, 4) is 11.3 Å². The van der Waals surface area contributed by atoms with Crippen LogP contribution in [-0.2, 0) is 0 Å². The van der Waals surface area contributed by atoms with E-state index in [0.29, 0.717) is 23.4 Å². The average Bonchev–Trinajstić information content (AvgIpc) is 3.21. The van der Waals surface area contributed by atoms with Crippen molar-refractivity contribution < 1.29 is 14.4 Å². The van der Waals surface area contributed by atoms with Gasteiger partial charge in [-0.1, -0.05) is 36.3 Å². The molecule has 7 heteroatoms. The third-order valence-electron chi connectivity index (χ3n) is 5.97.